The molecule has 0 aromatic heterocycles. The van der Waals surface area contributed by atoms with Gasteiger partial charge in [-0.1, -0.05) is 0 Å². The quantitative estimate of drug-likeness (QED) is 0.267. The molecule has 0 heterocycles. The van der Waals surface area contributed by atoms with Crippen molar-refractivity contribution < 1.29 is 19.8 Å². The van der Waals surface area contributed by atoms with Gasteiger partial charge in [0, 0.05) is 92.0 Å². The van der Waals surface area contributed by atoms with Crippen molar-refractivity contribution in [3.63, 3.8) is 0 Å². The van der Waals surface area contributed by atoms with Crippen LogP contribution in [0.5, 0.6) is 0 Å². The van der Waals surface area contributed by atoms with Crippen LogP contribution in [0.1, 0.15) is 39.5 Å². The predicted molar refractivity (Wildman–Crippen MR) is 133 cm³/mol. The summed E-state index contributed by atoms with van der Waals surface area (Å²) in [5, 5.41) is 47.4. The van der Waals surface area contributed by atoms with Gasteiger partial charge in [0.25, 0.3) is 0 Å². The van der Waals surface area contributed by atoms with E-state index in [9.17, 15) is 30.3 Å². The van der Waals surface area contributed by atoms with Crippen LogP contribution in [0.2, 0.25) is 0 Å². The van der Waals surface area contributed by atoms with Crippen molar-refractivity contribution in [2.24, 2.45) is 22.1 Å². The van der Waals surface area contributed by atoms with Crippen molar-refractivity contribution in [1.82, 2.24) is 0 Å². The molecule has 32 heavy (non-hydrogen) atoms. The Bertz CT molecular complexity index is 713. The molecule has 0 saturated carbocycles. The molecule has 180 valence electrons. The second-order valence-corrected chi connectivity index (χ2v) is 20.9. The van der Waals surface area contributed by atoms with Gasteiger partial charge in [-0.2, -0.15) is 20.8 Å². The Kier molecular flexibility index (Phi) is 11.4. The van der Waals surface area contributed by atoms with E-state index in [0.717, 1.165) is 0 Å². The lowest BCUT2D eigenvalue weighted by molar-refractivity contribution is -0.146. The van der Waals surface area contributed by atoms with Crippen molar-refractivity contribution in [2.45, 2.75) is 50.6 Å². The topological polar surface area (TPSA) is 147 Å². The van der Waals surface area contributed by atoms with Gasteiger partial charge in [0.05, 0.1) is 24.5 Å². The highest BCUT2D eigenvalue weighted by molar-refractivity contribution is 7.74. The Hall–Kier alpha value is -1.62. The maximum Gasteiger partial charge on any atom is 0.333 e. The maximum atomic E-state index is 12.4. The minimum absolute atomic E-state index is 0.0435. The molecular weight excluding hydrogens is 446 g/mol. The van der Waals surface area contributed by atoms with E-state index < -0.39 is 49.4 Å². The molecular formula is C22H40N4O4P2+2. The number of carbonyl (C=O) groups is 2. The molecule has 0 fully saturated rings. The zero-order valence-electron chi connectivity index (χ0n) is 20.8. The highest BCUT2D eigenvalue weighted by Crippen LogP contribution is 2.50. The van der Waals surface area contributed by atoms with E-state index in [0.29, 0.717) is 12.3 Å². The smallest absolute Gasteiger partial charge is 0.333 e. The molecule has 0 radical (unpaired) electrons. The molecule has 4 unspecified atom stereocenters. The third-order valence-electron chi connectivity index (χ3n) is 5.35. The van der Waals surface area contributed by atoms with Crippen molar-refractivity contribution >= 4 is 26.5 Å². The number of hydrogen-bond donors (Lipinski definition) is 2. The first-order valence-corrected chi connectivity index (χ1v) is 17.4. The lowest BCUT2D eigenvalue weighted by Gasteiger charge is -2.30. The molecule has 0 saturated heterocycles. The summed E-state index contributed by atoms with van der Waals surface area (Å²) >= 11 is 0. The molecule has 0 aliphatic carbocycles. The number of hydrogen-bond acceptors (Lipinski definition) is 6. The standard InChI is InChI=1S/C22H38N4O4P2/c1-17(15-23)13-21(19(27)28,9-11-31(3,4)5)25-26-22(20(29)30,14-18(2)16-24)10-12-32(6,7)8/h17-18H,9-14H2,1-8H3/p+2. The molecule has 0 amide bonds. The van der Waals surface area contributed by atoms with Crippen LogP contribution in [0.4, 0.5) is 0 Å². The number of nitrogens with zero attached hydrogens (tertiary/aromatic N) is 4. The number of rotatable bonds is 14. The summed E-state index contributed by atoms with van der Waals surface area (Å²) in [5.74, 6) is -3.57. The number of nitriles is 2. The highest BCUT2D eigenvalue weighted by atomic mass is 31.2. The van der Waals surface area contributed by atoms with Crippen LogP contribution >= 0.6 is 14.5 Å². The molecule has 4 atom stereocenters. The number of azo groups is 1. The van der Waals surface area contributed by atoms with E-state index in [1.807, 2.05) is 0 Å². The Morgan fingerprint density at radius 3 is 1.25 bits per heavy atom. The molecule has 0 aliphatic heterocycles. The SMILES string of the molecule is CC(C#N)CC(CC[P+](C)(C)C)(N=NC(CC[P+](C)(C)C)(CC(C)C#N)C(=O)O)C(=O)O. The summed E-state index contributed by atoms with van der Waals surface area (Å²) in [6, 6.07) is 4.14. The first kappa shape index (κ1) is 30.4. The van der Waals surface area contributed by atoms with Gasteiger partial charge in [0.15, 0.2) is 11.1 Å². The molecule has 0 spiro atoms. The largest absolute Gasteiger partial charge is 0.479 e. The van der Waals surface area contributed by atoms with Crippen molar-refractivity contribution in [2.75, 3.05) is 52.3 Å². The molecule has 0 aliphatic rings. The number of carboxylic acid groups (broad SMARTS) is 2. The fourth-order valence-electron chi connectivity index (χ4n) is 3.20. The maximum absolute atomic E-state index is 12.4. The first-order chi connectivity index (χ1) is 14.4. The summed E-state index contributed by atoms with van der Waals surface area (Å²) in [7, 11) is -2.70. The summed E-state index contributed by atoms with van der Waals surface area (Å²) < 4.78 is 0. The zero-order chi connectivity index (χ0) is 25.4. The number of aliphatic carboxylic acids is 2. The van der Waals surface area contributed by atoms with Crippen LogP contribution in [0.15, 0.2) is 10.2 Å². The van der Waals surface area contributed by atoms with Gasteiger partial charge in [-0.05, 0) is 13.8 Å². The average molecular weight is 487 g/mol. The summed E-state index contributed by atoms with van der Waals surface area (Å²) in [6.45, 7) is 15.8. The molecule has 0 rings (SSSR count). The molecule has 2 N–H and O–H groups in total. The van der Waals surface area contributed by atoms with E-state index in [-0.39, 0.29) is 25.7 Å². The normalized spacial score (nSPS) is 18.1. The average Bonchev–Trinajstić information content (AvgIpc) is 2.65. The van der Waals surface area contributed by atoms with Crippen molar-refractivity contribution in [3.05, 3.63) is 0 Å². The third-order valence-corrected chi connectivity index (χ3v) is 8.48. The van der Waals surface area contributed by atoms with E-state index in [1.165, 1.54) is 0 Å². The van der Waals surface area contributed by atoms with Crippen LogP contribution < -0.4 is 0 Å². The van der Waals surface area contributed by atoms with Crippen molar-refractivity contribution in [3.8, 4) is 12.1 Å². The Morgan fingerprint density at radius 2 is 1.06 bits per heavy atom. The second-order valence-electron chi connectivity index (χ2n) is 10.9. The third kappa shape index (κ3) is 10.3. The first-order valence-electron chi connectivity index (χ1n) is 10.7. The lowest BCUT2D eigenvalue weighted by atomic mass is 9.85. The van der Waals surface area contributed by atoms with Crippen molar-refractivity contribution in [1.29, 1.82) is 10.5 Å². The van der Waals surface area contributed by atoms with E-state index >= 15 is 0 Å². The molecule has 0 aromatic rings. The van der Waals surface area contributed by atoms with Crippen LogP contribution in [0.3, 0.4) is 0 Å². The predicted octanol–water partition coefficient (Wildman–Crippen LogP) is 4.78. The zero-order valence-corrected chi connectivity index (χ0v) is 22.6. The van der Waals surface area contributed by atoms with E-state index in [2.05, 4.69) is 62.4 Å². The van der Waals surface area contributed by atoms with Crippen LogP contribution in [-0.2, 0) is 9.59 Å². The van der Waals surface area contributed by atoms with Crippen LogP contribution in [0.25, 0.3) is 0 Å². The molecule has 0 bridgehead atoms. The minimum Gasteiger partial charge on any atom is -0.479 e. The van der Waals surface area contributed by atoms with Crippen LogP contribution in [0, 0.1) is 34.5 Å². The Morgan fingerprint density at radius 1 is 0.781 bits per heavy atom. The van der Waals surface area contributed by atoms with Gasteiger partial charge < -0.3 is 10.2 Å². The molecule has 8 nitrogen and oxygen atoms in total. The lowest BCUT2D eigenvalue weighted by Crippen LogP contribution is -2.43. The van der Waals surface area contributed by atoms with Gasteiger partial charge in [0.1, 0.15) is 0 Å². The Balaban J connectivity index is 6.54. The second kappa shape index (κ2) is 12.0. The number of carboxylic acids is 2. The van der Waals surface area contributed by atoms with Gasteiger partial charge in [-0.15, -0.1) is 0 Å². The fourth-order valence-corrected chi connectivity index (χ4v) is 5.28. The van der Waals surface area contributed by atoms with Gasteiger partial charge >= 0.3 is 11.9 Å². The molecule has 10 heteroatoms. The highest BCUT2D eigenvalue weighted by Gasteiger charge is 2.47. The van der Waals surface area contributed by atoms with E-state index in [4.69, 9.17) is 0 Å². The van der Waals surface area contributed by atoms with Gasteiger partial charge in [0.2, 0.25) is 0 Å². The van der Waals surface area contributed by atoms with Gasteiger partial charge in [-0.25, -0.2) is 9.59 Å². The summed E-state index contributed by atoms with van der Waals surface area (Å²) in [4.78, 5) is 24.9. The van der Waals surface area contributed by atoms with Crippen LogP contribution in [-0.4, -0.2) is 85.5 Å². The summed E-state index contributed by atoms with van der Waals surface area (Å²) in [5.41, 5.74) is -3.34. The van der Waals surface area contributed by atoms with Gasteiger partial charge in [-0.3, -0.25) is 0 Å². The fraction of sp³-hybridized carbons (Fsp3) is 0.818. The minimum atomic E-state index is -1.67. The Labute approximate surface area is 194 Å². The monoisotopic (exact) mass is 486 g/mol. The summed E-state index contributed by atoms with van der Waals surface area (Å²) in [6.07, 6.45) is 1.53. The van der Waals surface area contributed by atoms with E-state index in [1.54, 1.807) is 13.8 Å². The molecule has 0 aromatic carbocycles.